The summed E-state index contributed by atoms with van der Waals surface area (Å²) in [6.07, 6.45) is -0.577. The van der Waals surface area contributed by atoms with Gasteiger partial charge in [0.1, 0.15) is 0 Å². The third-order valence-corrected chi connectivity index (χ3v) is 5.38. The van der Waals surface area contributed by atoms with Gasteiger partial charge in [-0.25, -0.2) is 0 Å². The van der Waals surface area contributed by atoms with Crippen molar-refractivity contribution in [1.82, 2.24) is 25.1 Å². The Morgan fingerprint density at radius 2 is 1.67 bits per heavy atom. The van der Waals surface area contributed by atoms with Crippen molar-refractivity contribution in [2.75, 3.05) is 31.1 Å². The molecule has 1 fully saturated rings. The first-order valence-electron chi connectivity index (χ1n) is 9.29. The molecule has 1 aliphatic heterocycles. The monoisotopic (exact) mass is 478 g/mol. The summed E-state index contributed by atoms with van der Waals surface area (Å²) in [5, 5.41) is 11.8. The molecule has 1 saturated heterocycles. The minimum absolute atomic E-state index is 0.590. The van der Waals surface area contributed by atoms with Crippen LogP contribution in [0.25, 0.3) is 11.8 Å². The molecule has 2 heterocycles. The van der Waals surface area contributed by atoms with Crippen molar-refractivity contribution in [3.63, 3.8) is 0 Å². The van der Waals surface area contributed by atoms with Crippen LogP contribution in [0.15, 0.2) is 59.2 Å². The van der Waals surface area contributed by atoms with Crippen molar-refractivity contribution < 1.29 is 13.2 Å². The van der Waals surface area contributed by atoms with Gasteiger partial charge in [-0.2, -0.15) is 17.9 Å². The highest BCUT2D eigenvalue weighted by molar-refractivity contribution is 9.10. The molecule has 3 aromatic rings. The van der Waals surface area contributed by atoms with E-state index >= 15 is 0 Å². The average Bonchev–Trinajstić information content (AvgIpc) is 3.21. The number of hydrogen-bond donors (Lipinski definition) is 0. The van der Waals surface area contributed by atoms with Crippen LogP contribution in [0.3, 0.4) is 0 Å². The highest BCUT2D eigenvalue weighted by Crippen LogP contribution is 2.31. The normalized spacial score (nSPS) is 15.2. The zero-order valence-electron chi connectivity index (χ0n) is 15.8. The topological polar surface area (TPSA) is 50.1 Å². The number of benzene rings is 2. The summed E-state index contributed by atoms with van der Waals surface area (Å²) in [6.45, 7) is 2.63. The molecule has 0 aliphatic carbocycles. The van der Waals surface area contributed by atoms with Crippen molar-refractivity contribution in [1.29, 1.82) is 0 Å². The van der Waals surface area contributed by atoms with Gasteiger partial charge in [-0.15, -0.1) is 5.10 Å². The minimum Gasteiger partial charge on any atom is -0.374 e. The maximum Gasteiger partial charge on any atom is 0.416 e. The number of anilines is 1. The number of halogens is 4. The van der Waals surface area contributed by atoms with E-state index in [-0.39, 0.29) is 0 Å². The number of rotatable bonds is 4. The first-order chi connectivity index (χ1) is 14.4. The van der Waals surface area contributed by atoms with Crippen LogP contribution in [-0.4, -0.2) is 51.3 Å². The predicted octanol–water partition coefficient (Wildman–Crippen LogP) is 4.24. The molecule has 10 heteroatoms. The predicted molar refractivity (Wildman–Crippen MR) is 111 cm³/mol. The molecule has 4 rings (SSSR count). The largest absolute Gasteiger partial charge is 0.416 e. The Morgan fingerprint density at radius 3 is 2.37 bits per heavy atom. The van der Waals surface area contributed by atoms with Crippen molar-refractivity contribution in [3.05, 3.63) is 70.6 Å². The number of hydrogen-bond acceptors (Lipinski definition) is 5. The van der Waals surface area contributed by atoms with E-state index in [1.165, 1.54) is 12.1 Å². The summed E-state index contributed by atoms with van der Waals surface area (Å²) in [7, 11) is 0. The third-order valence-electron chi connectivity index (χ3n) is 4.85. The molecule has 0 bridgehead atoms. The Balaban J connectivity index is 1.40. The van der Waals surface area contributed by atoms with Crippen molar-refractivity contribution in [2.24, 2.45) is 0 Å². The fraction of sp³-hybridized carbons (Fsp3) is 0.250. The molecule has 1 aliphatic rings. The highest BCUT2D eigenvalue weighted by Gasteiger charge is 2.31. The smallest absolute Gasteiger partial charge is 0.374 e. The van der Waals surface area contributed by atoms with Gasteiger partial charge in [0.2, 0.25) is 0 Å². The van der Waals surface area contributed by atoms with Crippen molar-refractivity contribution >= 4 is 27.7 Å². The molecule has 0 atom stereocenters. The molecule has 0 unspecified atom stereocenters. The fourth-order valence-electron chi connectivity index (χ4n) is 3.24. The van der Waals surface area contributed by atoms with Gasteiger partial charge in [0.15, 0.2) is 5.82 Å². The van der Waals surface area contributed by atoms with Gasteiger partial charge in [-0.1, -0.05) is 22.0 Å². The quantitative estimate of drug-likeness (QED) is 0.561. The molecular weight excluding hydrogens is 461 g/mol. The second-order valence-electron chi connectivity index (χ2n) is 6.81. The van der Waals surface area contributed by atoms with Crippen LogP contribution >= 0.6 is 15.9 Å². The SMILES string of the molecule is FC(F)(F)c1cccc(N2CCN(C=Cc3nnnn3-c3ccc(Br)cc3)CC2)c1. The van der Waals surface area contributed by atoms with E-state index in [0.29, 0.717) is 37.7 Å². The van der Waals surface area contributed by atoms with E-state index in [1.54, 1.807) is 10.7 Å². The lowest BCUT2D eigenvalue weighted by molar-refractivity contribution is -0.137. The summed E-state index contributed by atoms with van der Waals surface area (Å²) in [4.78, 5) is 4.07. The van der Waals surface area contributed by atoms with Gasteiger partial charge in [0, 0.05) is 48.6 Å². The molecule has 0 radical (unpaired) electrons. The van der Waals surface area contributed by atoms with Crippen LogP contribution in [-0.2, 0) is 6.18 Å². The molecule has 0 saturated carbocycles. The fourth-order valence-corrected chi connectivity index (χ4v) is 3.51. The minimum atomic E-state index is -4.33. The van der Waals surface area contributed by atoms with Gasteiger partial charge in [0.25, 0.3) is 0 Å². The number of aromatic nitrogens is 4. The molecule has 6 nitrogen and oxygen atoms in total. The Hall–Kier alpha value is -2.88. The first kappa shape index (κ1) is 20.4. The van der Waals surface area contributed by atoms with Crippen LogP contribution in [0, 0.1) is 0 Å². The second kappa shape index (κ2) is 8.47. The molecule has 30 heavy (non-hydrogen) atoms. The van der Waals surface area contributed by atoms with Crippen molar-refractivity contribution in [3.8, 4) is 5.69 Å². The first-order valence-corrected chi connectivity index (χ1v) is 10.1. The van der Waals surface area contributed by atoms with Crippen LogP contribution in [0.5, 0.6) is 0 Å². The van der Waals surface area contributed by atoms with E-state index in [4.69, 9.17) is 0 Å². The number of alkyl halides is 3. The van der Waals surface area contributed by atoms with Crippen LogP contribution in [0.2, 0.25) is 0 Å². The molecule has 0 amide bonds. The summed E-state index contributed by atoms with van der Waals surface area (Å²) >= 11 is 3.40. The summed E-state index contributed by atoms with van der Waals surface area (Å²) < 4.78 is 41.5. The van der Waals surface area contributed by atoms with Gasteiger partial charge < -0.3 is 9.80 Å². The third kappa shape index (κ3) is 4.64. The summed E-state index contributed by atoms with van der Waals surface area (Å²) in [6, 6.07) is 13.1. The Bertz CT molecular complexity index is 1020. The van der Waals surface area contributed by atoms with Gasteiger partial charge >= 0.3 is 6.18 Å². The maximum absolute atomic E-state index is 13.0. The standard InChI is InChI=1S/C20H18BrF3N6/c21-16-4-6-17(7-5-16)30-19(25-26-27-30)8-9-28-10-12-29(13-11-28)18-3-1-2-15(14-18)20(22,23)24/h1-9,14H,10-13H2. The van der Waals surface area contributed by atoms with Crippen molar-refractivity contribution in [2.45, 2.75) is 6.18 Å². The molecular formula is C20H18BrF3N6. The zero-order valence-corrected chi connectivity index (χ0v) is 17.4. The average molecular weight is 479 g/mol. The van der Waals surface area contributed by atoms with E-state index in [9.17, 15) is 13.2 Å². The molecule has 0 N–H and O–H groups in total. The number of piperazine rings is 1. The van der Waals surface area contributed by atoms with Gasteiger partial charge in [0.05, 0.1) is 11.3 Å². The lowest BCUT2D eigenvalue weighted by atomic mass is 10.1. The zero-order chi connectivity index (χ0) is 21.1. The molecule has 156 valence electrons. The van der Waals surface area contributed by atoms with E-state index < -0.39 is 11.7 Å². The Labute approximate surface area is 179 Å². The van der Waals surface area contributed by atoms with Gasteiger partial charge in [-0.3, -0.25) is 0 Å². The molecule has 2 aromatic carbocycles. The number of nitrogens with zero attached hydrogens (tertiary/aromatic N) is 6. The van der Waals surface area contributed by atoms with Crippen LogP contribution in [0.1, 0.15) is 11.4 Å². The second-order valence-corrected chi connectivity index (χ2v) is 7.73. The maximum atomic E-state index is 13.0. The molecule has 0 spiro atoms. The summed E-state index contributed by atoms with van der Waals surface area (Å²) in [5.74, 6) is 0.595. The molecule has 1 aromatic heterocycles. The lowest BCUT2D eigenvalue weighted by Crippen LogP contribution is -2.44. The van der Waals surface area contributed by atoms with E-state index in [0.717, 1.165) is 16.2 Å². The van der Waals surface area contributed by atoms with E-state index in [2.05, 4.69) is 36.4 Å². The van der Waals surface area contributed by atoms with Crippen LogP contribution < -0.4 is 4.90 Å². The van der Waals surface area contributed by atoms with Gasteiger partial charge in [-0.05, 0) is 52.9 Å². The Morgan fingerprint density at radius 1 is 0.933 bits per heavy atom. The Kier molecular flexibility index (Phi) is 5.76. The number of tetrazole rings is 1. The van der Waals surface area contributed by atoms with Crippen LogP contribution in [0.4, 0.5) is 18.9 Å². The lowest BCUT2D eigenvalue weighted by Gasteiger charge is -2.35. The summed E-state index contributed by atoms with van der Waals surface area (Å²) in [5.41, 5.74) is 0.812. The highest BCUT2D eigenvalue weighted by atomic mass is 79.9. The van der Waals surface area contributed by atoms with E-state index in [1.807, 2.05) is 41.4 Å².